The lowest BCUT2D eigenvalue weighted by Crippen LogP contribution is -2.27. The highest BCUT2D eigenvalue weighted by Crippen LogP contribution is 2.23. The van der Waals surface area contributed by atoms with Gasteiger partial charge in [-0.05, 0) is 29.8 Å². The van der Waals surface area contributed by atoms with E-state index >= 15 is 0 Å². The molecule has 0 aliphatic carbocycles. The van der Waals surface area contributed by atoms with Crippen LogP contribution >= 0.6 is 11.8 Å². The maximum Gasteiger partial charge on any atom is 0.233 e. The normalized spacial score (nSPS) is 10.8. The summed E-state index contributed by atoms with van der Waals surface area (Å²) in [5.74, 6) is 1.23. The number of imidazole rings is 1. The Morgan fingerprint density at radius 2 is 2.04 bits per heavy atom. The molecule has 0 bridgehead atoms. The highest BCUT2D eigenvalue weighted by atomic mass is 32.2. The van der Waals surface area contributed by atoms with Crippen LogP contribution in [-0.2, 0) is 18.4 Å². The Labute approximate surface area is 151 Å². The third-order valence-electron chi connectivity index (χ3n) is 4.05. The molecule has 2 aromatic carbocycles. The summed E-state index contributed by atoms with van der Waals surface area (Å²) in [6.07, 6.45) is 0. The standard InChI is InChI=1S/C19H21N3O2S/c1-21(12-14-7-6-8-15(11-14)24-3)18(23)13-25-19-20-16-9-4-5-10-17(16)22(19)2/h4-11H,12-13H2,1-3H3. The zero-order chi connectivity index (χ0) is 17.8. The fourth-order valence-corrected chi connectivity index (χ4v) is 3.55. The van der Waals surface area contributed by atoms with Gasteiger partial charge in [0.1, 0.15) is 5.75 Å². The van der Waals surface area contributed by atoms with E-state index in [0.717, 1.165) is 27.5 Å². The molecule has 6 heteroatoms. The first-order chi connectivity index (χ1) is 12.1. The molecule has 0 spiro atoms. The van der Waals surface area contributed by atoms with E-state index in [1.165, 1.54) is 11.8 Å². The second-order valence-electron chi connectivity index (χ2n) is 5.83. The number of fused-ring (bicyclic) bond motifs is 1. The van der Waals surface area contributed by atoms with Gasteiger partial charge >= 0.3 is 0 Å². The van der Waals surface area contributed by atoms with Gasteiger partial charge in [0.05, 0.1) is 23.9 Å². The number of amides is 1. The van der Waals surface area contributed by atoms with E-state index in [1.807, 2.05) is 67.2 Å². The molecule has 3 rings (SSSR count). The molecular formula is C19H21N3O2S. The van der Waals surface area contributed by atoms with Crippen LogP contribution < -0.4 is 4.74 Å². The molecule has 1 aromatic heterocycles. The van der Waals surface area contributed by atoms with Gasteiger partial charge in [-0.15, -0.1) is 0 Å². The highest BCUT2D eigenvalue weighted by molar-refractivity contribution is 7.99. The van der Waals surface area contributed by atoms with E-state index in [4.69, 9.17) is 4.74 Å². The van der Waals surface area contributed by atoms with Crippen LogP contribution in [0.4, 0.5) is 0 Å². The summed E-state index contributed by atoms with van der Waals surface area (Å²) in [5.41, 5.74) is 3.06. The summed E-state index contributed by atoms with van der Waals surface area (Å²) < 4.78 is 7.25. The fourth-order valence-electron chi connectivity index (χ4n) is 2.62. The van der Waals surface area contributed by atoms with E-state index in [-0.39, 0.29) is 5.91 Å². The van der Waals surface area contributed by atoms with Crippen molar-refractivity contribution in [1.82, 2.24) is 14.5 Å². The molecule has 25 heavy (non-hydrogen) atoms. The van der Waals surface area contributed by atoms with Crippen LogP contribution in [0.15, 0.2) is 53.7 Å². The summed E-state index contributed by atoms with van der Waals surface area (Å²) in [7, 11) is 5.43. The number of nitrogens with zero attached hydrogens (tertiary/aromatic N) is 3. The largest absolute Gasteiger partial charge is 0.497 e. The number of ether oxygens (including phenoxy) is 1. The molecular weight excluding hydrogens is 334 g/mol. The van der Waals surface area contributed by atoms with Gasteiger partial charge in [-0.1, -0.05) is 36.0 Å². The van der Waals surface area contributed by atoms with Crippen molar-refractivity contribution in [3.63, 3.8) is 0 Å². The van der Waals surface area contributed by atoms with Gasteiger partial charge in [0.15, 0.2) is 5.16 Å². The number of aryl methyl sites for hydroxylation is 1. The van der Waals surface area contributed by atoms with Crippen molar-refractivity contribution in [3.8, 4) is 5.75 Å². The zero-order valence-corrected chi connectivity index (χ0v) is 15.4. The molecule has 0 atom stereocenters. The topological polar surface area (TPSA) is 47.4 Å². The Balaban J connectivity index is 1.62. The SMILES string of the molecule is COc1cccc(CN(C)C(=O)CSc2nc3ccccc3n2C)c1. The van der Waals surface area contributed by atoms with Crippen molar-refractivity contribution in [2.45, 2.75) is 11.7 Å². The van der Waals surface area contributed by atoms with Crippen LogP contribution in [0.5, 0.6) is 5.75 Å². The van der Waals surface area contributed by atoms with Gasteiger partial charge in [0.25, 0.3) is 0 Å². The van der Waals surface area contributed by atoms with Gasteiger partial charge in [-0.3, -0.25) is 4.79 Å². The molecule has 0 aliphatic rings. The number of carbonyl (C=O) groups is 1. The number of benzene rings is 2. The molecule has 0 unspecified atom stereocenters. The van der Waals surface area contributed by atoms with Crippen LogP contribution in [0.25, 0.3) is 11.0 Å². The van der Waals surface area contributed by atoms with Crippen molar-refractivity contribution in [2.75, 3.05) is 19.9 Å². The number of para-hydroxylation sites is 2. The monoisotopic (exact) mass is 355 g/mol. The highest BCUT2D eigenvalue weighted by Gasteiger charge is 2.13. The van der Waals surface area contributed by atoms with Gasteiger partial charge in [0, 0.05) is 20.6 Å². The zero-order valence-electron chi connectivity index (χ0n) is 14.6. The van der Waals surface area contributed by atoms with Gasteiger partial charge < -0.3 is 14.2 Å². The Bertz CT molecular complexity index is 891. The first-order valence-corrected chi connectivity index (χ1v) is 8.98. The molecule has 1 amide bonds. The average molecular weight is 355 g/mol. The first-order valence-electron chi connectivity index (χ1n) is 7.99. The third-order valence-corrected chi connectivity index (χ3v) is 5.07. The maximum absolute atomic E-state index is 12.4. The number of thioether (sulfide) groups is 1. The number of methoxy groups -OCH3 is 1. The molecule has 5 nitrogen and oxygen atoms in total. The number of hydrogen-bond donors (Lipinski definition) is 0. The molecule has 0 saturated carbocycles. The summed E-state index contributed by atoms with van der Waals surface area (Å²) >= 11 is 1.46. The van der Waals surface area contributed by atoms with Crippen LogP contribution in [-0.4, -0.2) is 40.3 Å². The Morgan fingerprint density at radius 3 is 2.80 bits per heavy atom. The maximum atomic E-state index is 12.4. The lowest BCUT2D eigenvalue weighted by atomic mass is 10.2. The van der Waals surface area contributed by atoms with Crippen LogP contribution in [0.3, 0.4) is 0 Å². The molecule has 130 valence electrons. The Morgan fingerprint density at radius 1 is 1.24 bits per heavy atom. The third kappa shape index (κ3) is 3.96. The number of carbonyl (C=O) groups excluding carboxylic acids is 1. The van der Waals surface area contributed by atoms with Crippen LogP contribution in [0.2, 0.25) is 0 Å². The van der Waals surface area contributed by atoms with Gasteiger partial charge in [0.2, 0.25) is 5.91 Å². The second kappa shape index (κ2) is 7.61. The second-order valence-corrected chi connectivity index (χ2v) is 6.77. The number of aromatic nitrogens is 2. The molecule has 0 saturated heterocycles. The van der Waals surface area contributed by atoms with E-state index in [9.17, 15) is 4.79 Å². The molecule has 0 radical (unpaired) electrons. The predicted octanol–water partition coefficient (Wildman–Crippen LogP) is 3.33. The van der Waals surface area contributed by atoms with Gasteiger partial charge in [-0.2, -0.15) is 0 Å². The minimum absolute atomic E-state index is 0.0693. The van der Waals surface area contributed by atoms with E-state index < -0.39 is 0 Å². The Hall–Kier alpha value is -2.47. The van der Waals surface area contributed by atoms with Gasteiger partial charge in [-0.25, -0.2) is 4.98 Å². The summed E-state index contributed by atoms with van der Waals surface area (Å²) in [4.78, 5) is 18.8. The molecule has 0 fully saturated rings. The van der Waals surface area contributed by atoms with Crippen LogP contribution in [0, 0.1) is 0 Å². The van der Waals surface area contributed by atoms with E-state index in [2.05, 4.69) is 4.98 Å². The number of rotatable bonds is 6. The quantitative estimate of drug-likeness (QED) is 0.636. The lowest BCUT2D eigenvalue weighted by molar-refractivity contribution is -0.127. The summed E-state index contributed by atoms with van der Waals surface area (Å²) in [6.45, 7) is 0.555. The fraction of sp³-hybridized carbons (Fsp3) is 0.263. The van der Waals surface area contributed by atoms with Crippen molar-refractivity contribution in [1.29, 1.82) is 0 Å². The van der Waals surface area contributed by atoms with Crippen molar-refractivity contribution in [3.05, 3.63) is 54.1 Å². The molecule has 0 aliphatic heterocycles. The minimum atomic E-state index is 0.0693. The summed E-state index contributed by atoms with van der Waals surface area (Å²) in [5, 5.41) is 0.851. The average Bonchev–Trinajstić information content (AvgIpc) is 2.96. The molecule has 3 aromatic rings. The molecule has 0 N–H and O–H groups in total. The van der Waals surface area contributed by atoms with Crippen molar-refractivity contribution < 1.29 is 9.53 Å². The number of hydrogen-bond acceptors (Lipinski definition) is 4. The van der Waals surface area contributed by atoms with E-state index in [1.54, 1.807) is 12.0 Å². The van der Waals surface area contributed by atoms with Crippen molar-refractivity contribution >= 4 is 28.7 Å². The summed E-state index contributed by atoms with van der Waals surface area (Å²) in [6, 6.07) is 15.7. The van der Waals surface area contributed by atoms with Crippen molar-refractivity contribution in [2.24, 2.45) is 7.05 Å². The van der Waals surface area contributed by atoms with Crippen LogP contribution in [0.1, 0.15) is 5.56 Å². The Kier molecular flexibility index (Phi) is 5.28. The first kappa shape index (κ1) is 17.4. The smallest absolute Gasteiger partial charge is 0.233 e. The lowest BCUT2D eigenvalue weighted by Gasteiger charge is -2.17. The predicted molar refractivity (Wildman–Crippen MR) is 101 cm³/mol. The molecule has 1 heterocycles. The minimum Gasteiger partial charge on any atom is -0.497 e. The van der Waals surface area contributed by atoms with E-state index in [0.29, 0.717) is 12.3 Å².